The predicted octanol–water partition coefficient (Wildman–Crippen LogP) is 3.40. The number of nitrogens with one attached hydrogen (secondary N) is 3. The van der Waals surface area contributed by atoms with Gasteiger partial charge in [-0.05, 0) is 66.6 Å². The van der Waals surface area contributed by atoms with Gasteiger partial charge in [0.25, 0.3) is 0 Å². The van der Waals surface area contributed by atoms with Crippen molar-refractivity contribution in [3.8, 4) is 6.07 Å². The Balaban J connectivity index is 1.38. The molecule has 38 heavy (non-hydrogen) atoms. The monoisotopic (exact) mass is 529 g/mol. The Morgan fingerprint density at radius 2 is 1.74 bits per heavy atom. The Hall–Kier alpha value is -4.17. The lowest BCUT2D eigenvalue weighted by Gasteiger charge is -2.29. The fourth-order valence-electron chi connectivity index (χ4n) is 4.48. The highest BCUT2D eigenvalue weighted by Gasteiger charge is 2.27. The molecule has 194 valence electrons. The van der Waals surface area contributed by atoms with E-state index in [1.54, 1.807) is 18.3 Å². The molecule has 0 aliphatic carbocycles. The number of morpholine rings is 1. The van der Waals surface area contributed by atoms with Crippen molar-refractivity contribution in [3.05, 3.63) is 90.1 Å². The highest BCUT2D eigenvalue weighted by atomic mass is 32.2. The number of para-hydroxylation sites is 1. The summed E-state index contributed by atoms with van der Waals surface area (Å²) in [7, 11) is -4.05. The molecular formula is C28H27N5O4S. The zero-order chi connectivity index (χ0) is 26.5. The largest absolute Gasteiger partial charge is 0.378 e. The summed E-state index contributed by atoms with van der Waals surface area (Å²) in [5.41, 5.74) is 3.65. The second kappa shape index (κ2) is 11.1. The molecule has 1 aliphatic heterocycles. The molecule has 3 N–H and O–H groups in total. The van der Waals surface area contributed by atoms with Crippen molar-refractivity contribution < 1.29 is 17.9 Å². The summed E-state index contributed by atoms with van der Waals surface area (Å²) in [6.07, 6.45) is 1.93. The summed E-state index contributed by atoms with van der Waals surface area (Å²) in [4.78, 5) is 18.8. The van der Waals surface area contributed by atoms with Crippen LogP contribution in [0.1, 0.15) is 11.1 Å². The van der Waals surface area contributed by atoms with Crippen LogP contribution in [0.4, 0.5) is 11.4 Å². The Labute approximate surface area is 221 Å². The van der Waals surface area contributed by atoms with E-state index in [0.717, 1.165) is 35.2 Å². The number of aromatic amines is 1. The zero-order valence-corrected chi connectivity index (χ0v) is 21.4. The van der Waals surface area contributed by atoms with Crippen molar-refractivity contribution in [2.75, 3.05) is 36.5 Å². The molecule has 0 spiro atoms. The van der Waals surface area contributed by atoms with E-state index in [1.807, 2.05) is 42.5 Å². The maximum Gasteiger partial charge on any atom is 0.242 e. The third-order valence-corrected chi connectivity index (χ3v) is 8.01. The van der Waals surface area contributed by atoms with E-state index in [0.29, 0.717) is 24.5 Å². The first-order valence-corrected chi connectivity index (χ1v) is 13.7. The molecule has 0 radical (unpaired) electrons. The summed E-state index contributed by atoms with van der Waals surface area (Å²) >= 11 is 0. The van der Waals surface area contributed by atoms with Gasteiger partial charge in [0.1, 0.15) is 6.04 Å². The van der Waals surface area contributed by atoms with Gasteiger partial charge in [-0.3, -0.25) is 4.79 Å². The molecule has 1 saturated heterocycles. The van der Waals surface area contributed by atoms with Crippen LogP contribution in [0.2, 0.25) is 0 Å². The van der Waals surface area contributed by atoms with Gasteiger partial charge in [-0.1, -0.05) is 18.2 Å². The van der Waals surface area contributed by atoms with Crippen molar-refractivity contribution >= 4 is 38.2 Å². The molecule has 0 saturated carbocycles. The van der Waals surface area contributed by atoms with Gasteiger partial charge in [0, 0.05) is 41.6 Å². The second-order valence-corrected chi connectivity index (χ2v) is 10.7. The number of H-pyrrole nitrogens is 1. The Morgan fingerprint density at radius 3 is 2.45 bits per heavy atom. The minimum absolute atomic E-state index is 0.0249. The predicted molar refractivity (Wildman–Crippen MR) is 145 cm³/mol. The molecule has 1 fully saturated rings. The number of anilines is 2. The molecule has 9 nitrogen and oxygen atoms in total. The number of carbonyl (C=O) groups excluding carboxylic acids is 1. The fourth-order valence-corrected chi connectivity index (χ4v) is 5.67. The first-order chi connectivity index (χ1) is 18.4. The lowest BCUT2D eigenvalue weighted by molar-refractivity contribution is -0.117. The van der Waals surface area contributed by atoms with Crippen LogP contribution in [0.5, 0.6) is 0 Å². The topological polar surface area (TPSA) is 127 Å². The van der Waals surface area contributed by atoms with Crippen LogP contribution < -0.4 is 14.9 Å². The molecule has 1 aromatic heterocycles. The average Bonchev–Trinajstić information content (AvgIpc) is 3.36. The van der Waals surface area contributed by atoms with Crippen molar-refractivity contribution in [3.63, 3.8) is 0 Å². The highest BCUT2D eigenvalue weighted by Crippen LogP contribution is 2.22. The second-order valence-electron chi connectivity index (χ2n) is 9.01. The minimum Gasteiger partial charge on any atom is -0.378 e. The molecule has 3 aromatic carbocycles. The summed E-state index contributed by atoms with van der Waals surface area (Å²) in [6.45, 7) is 2.95. The van der Waals surface area contributed by atoms with Gasteiger partial charge < -0.3 is 19.9 Å². The van der Waals surface area contributed by atoms with E-state index >= 15 is 0 Å². The van der Waals surface area contributed by atoms with E-state index in [9.17, 15) is 13.2 Å². The van der Waals surface area contributed by atoms with Crippen LogP contribution >= 0.6 is 0 Å². The van der Waals surface area contributed by atoms with Crippen molar-refractivity contribution in [2.45, 2.75) is 17.4 Å². The van der Waals surface area contributed by atoms with Crippen LogP contribution in [0.3, 0.4) is 0 Å². The molecule has 1 unspecified atom stereocenters. The number of aromatic nitrogens is 1. The number of fused-ring (bicyclic) bond motifs is 1. The summed E-state index contributed by atoms with van der Waals surface area (Å²) < 4.78 is 34.4. The quantitative estimate of drug-likeness (QED) is 0.321. The first kappa shape index (κ1) is 25.5. The van der Waals surface area contributed by atoms with Gasteiger partial charge in [0.05, 0.1) is 29.7 Å². The number of ether oxygens (including phenoxy) is 1. The van der Waals surface area contributed by atoms with E-state index < -0.39 is 22.0 Å². The van der Waals surface area contributed by atoms with E-state index in [1.165, 1.54) is 24.3 Å². The number of carbonyl (C=O) groups is 1. The standard InChI is InChI=1S/C28H27N5O4S/c29-18-20-5-11-24(12-6-20)38(35,36)32-27(17-21-19-30-26-4-2-1-3-25(21)26)28(34)31-22-7-9-23(10-8-22)33-13-15-37-16-14-33/h1-12,19,27,30,32H,13-17H2,(H,31,34). The molecule has 5 rings (SSSR count). The number of hydrogen-bond acceptors (Lipinski definition) is 6. The molecule has 10 heteroatoms. The third-order valence-electron chi connectivity index (χ3n) is 6.52. The summed E-state index contributed by atoms with van der Waals surface area (Å²) in [5.74, 6) is -0.480. The number of hydrogen-bond donors (Lipinski definition) is 3. The number of sulfonamides is 1. The third kappa shape index (κ3) is 5.70. The number of benzene rings is 3. The normalized spacial score (nSPS) is 14.7. The van der Waals surface area contributed by atoms with Gasteiger partial charge in [0.15, 0.2) is 0 Å². The fraction of sp³-hybridized carbons (Fsp3) is 0.214. The van der Waals surface area contributed by atoms with Gasteiger partial charge in [-0.2, -0.15) is 9.98 Å². The molecule has 1 atom stereocenters. The van der Waals surface area contributed by atoms with Gasteiger partial charge >= 0.3 is 0 Å². The Morgan fingerprint density at radius 1 is 1.03 bits per heavy atom. The van der Waals surface area contributed by atoms with E-state index in [2.05, 4.69) is 19.9 Å². The molecule has 1 aliphatic rings. The zero-order valence-electron chi connectivity index (χ0n) is 20.6. The van der Waals surface area contributed by atoms with Gasteiger partial charge in [0.2, 0.25) is 15.9 Å². The minimum atomic E-state index is -4.05. The summed E-state index contributed by atoms with van der Waals surface area (Å²) in [5, 5.41) is 12.8. The van der Waals surface area contributed by atoms with Crippen LogP contribution in [-0.4, -0.2) is 51.7 Å². The van der Waals surface area contributed by atoms with Gasteiger partial charge in [-0.15, -0.1) is 0 Å². The van der Waals surface area contributed by atoms with Crippen LogP contribution in [0.15, 0.2) is 83.9 Å². The highest BCUT2D eigenvalue weighted by molar-refractivity contribution is 7.89. The number of nitriles is 1. The maximum absolute atomic E-state index is 13.5. The molecule has 2 heterocycles. The van der Waals surface area contributed by atoms with E-state index in [-0.39, 0.29) is 11.3 Å². The maximum atomic E-state index is 13.5. The molecular weight excluding hydrogens is 502 g/mol. The number of amides is 1. The van der Waals surface area contributed by atoms with Crippen LogP contribution in [0.25, 0.3) is 10.9 Å². The number of nitrogens with zero attached hydrogens (tertiary/aromatic N) is 2. The smallest absolute Gasteiger partial charge is 0.242 e. The lowest BCUT2D eigenvalue weighted by atomic mass is 10.0. The molecule has 4 aromatic rings. The lowest BCUT2D eigenvalue weighted by Crippen LogP contribution is -2.45. The SMILES string of the molecule is N#Cc1ccc(S(=O)(=O)NC(Cc2c[nH]c3ccccc23)C(=O)Nc2ccc(N3CCOCC3)cc2)cc1. The average molecular weight is 530 g/mol. The number of rotatable bonds is 8. The Kier molecular flexibility index (Phi) is 7.42. The van der Waals surface area contributed by atoms with E-state index in [4.69, 9.17) is 10.00 Å². The van der Waals surface area contributed by atoms with Crippen LogP contribution in [-0.2, 0) is 26.0 Å². The van der Waals surface area contributed by atoms with Crippen molar-refractivity contribution in [1.29, 1.82) is 5.26 Å². The molecule has 1 amide bonds. The van der Waals surface area contributed by atoms with Crippen molar-refractivity contribution in [2.24, 2.45) is 0 Å². The molecule has 0 bridgehead atoms. The Bertz CT molecular complexity index is 1570. The first-order valence-electron chi connectivity index (χ1n) is 12.2. The van der Waals surface area contributed by atoms with Crippen molar-refractivity contribution in [1.82, 2.24) is 9.71 Å². The van der Waals surface area contributed by atoms with Crippen LogP contribution in [0, 0.1) is 11.3 Å². The van der Waals surface area contributed by atoms with Gasteiger partial charge in [-0.25, -0.2) is 8.42 Å². The summed E-state index contributed by atoms with van der Waals surface area (Å²) in [6, 6.07) is 21.6.